The van der Waals surface area contributed by atoms with Crippen molar-refractivity contribution in [1.29, 1.82) is 0 Å². The molecule has 0 aliphatic heterocycles. The Kier molecular flexibility index (Phi) is 6.75. The van der Waals surface area contributed by atoms with E-state index in [-0.39, 0.29) is 5.92 Å². The Bertz CT molecular complexity index is 2910. The van der Waals surface area contributed by atoms with Gasteiger partial charge in [-0.2, -0.15) is 0 Å². The van der Waals surface area contributed by atoms with E-state index in [4.69, 9.17) is 8.83 Å². The summed E-state index contributed by atoms with van der Waals surface area (Å²) >= 11 is 0. The van der Waals surface area contributed by atoms with E-state index in [1.807, 2.05) is 54.6 Å². The van der Waals surface area contributed by atoms with Crippen LogP contribution in [0.25, 0.3) is 43.9 Å². The first-order valence-electron chi connectivity index (χ1n) is 17.7. The molecule has 3 aliphatic rings. The van der Waals surface area contributed by atoms with Crippen LogP contribution in [0.5, 0.6) is 0 Å². The van der Waals surface area contributed by atoms with Crippen molar-refractivity contribution in [3.8, 4) is 0 Å². The Balaban J connectivity index is 1.42. The zero-order valence-corrected chi connectivity index (χ0v) is 28.5. The number of furan rings is 2. The van der Waals surface area contributed by atoms with Crippen LogP contribution in [0.3, 0.4) is 0 Å². The molecule has 52 heavy (non-hydrogen) atoms. The molecule has 2 unspecified atom stereocenters. The molecule has 2 atom stereocenters. The molecule has 3 heteroatoms. The Morgan fingerprint density at radius 3 is 2.35 bits per heavy atom. The lowest BCUT2D eigenvalue weighted by Gasteiger charge is -2.40. The van der Waals surface area contributed by atoms with E-state index in [1.54, 1.807) is 0 Å². The SMILES string of the molecule is C=C/C=C(\C=C)C1(c2cc3oc4ccccc4c3cc2N(C2=C=C=CC=C2)c2cccc3oc4ccccc4c23)C2=CC=CCC2c2ccccc21. The molecular formula is C49H33NO2. The lowest BCUT2D eigenvalue weighted by Crippen LogP contribution is -2.32. The minimum absolute atomic E-state index is 0.194. The van der Waals surface area contributed by atoms with Gasteiger partial charge in [0.15, 0.2) is 0 Å². The van der Waals surface area contributed by atoms with Crippen molar-refractivity contribution in [3.05, 3.63) is 216 Å². The molecule has 10 rings (SSSR count). The fourth-order valence-electron chi connectivity index (χ4n) is 8.91. The molecule has 0 bridgehead atoms. The maximum atomic E-state index is 6.71. The second kappa shape index (κ2) is 11.7. The van der Waals surface area contributed by atoms with Gasteiger partial charge in [-0.1, -0.05) is 128 Å². The molecule has 3 nitrogen and oxygen atoms in total. The van der Waals surface area contributed by atoms with Crippen molar-refractivity contribution in [2.45, 2.75) is 17.8 Å². The van der Waals surface area contributed by atoms with Gasteiger partial charge in [0.2, 0.25) is 0 Å². The number of rotatable bonds is 7. The van der Waals surface area contributed by atoms with E-state index >= 15 is 0 Å². The van der Waals surface area contributed by atoms with Crippen molar-refractivity contribution in [2.24, 2.45) is 0 Å². The van der Waals surface area contributed by atoms with Crippen LogP contribution in [0, 0.1) is 0 Å². The molecule has 0 amide bonds. The van der Waals surface area contributed by atoms with E-state index in [0.717, 1.165) is 78.5 Å². The van der Waals surface area contributed by atoms with E-state index in [0.29, 0.717) is 0 Å². The van der Waals surface area contributed by atoms with Crippen LogP contribution in [0.15, 0.2) is 208 Å². The summed E-state index contributed by atoms with van der Waals surface area (Å²) in [7, 11) is 0. The first-order chi connectivity index (χ1) is 25.7. The molecule has 0 saturated carbocycles. The number of allylic oxidation sites excluding steroid dienone is 11. The van der Waals surface area contributed by atoms with Gasteiger partial charge in [0.05, 0.1) is 27.9 Å². The Morgan fingerprint density at radius 2 is 1.52 bits per heavy atom. The third-order valence-electron chi connectivity index (χ3n) is 10.9. The maximum absolute atomic E-state index is 6.71. The first-order valence-corrected chi connectivity index (χ1v) is 17.7. The highest BCUT2D eigenvalue weighted by molar-refractivity contribution is 6.14. The van der Waals surface area contributed by atoms with Crippen LogP contribution in [0.2, 0.25) is 0 Å². The summed E-state index contributed by atoms with van der Waals surface area (Å²) in [5, 5.41) is 4.17. The van der Waals surface area contributed by atoms with Gasteiger partial charge in [-0.15, -0.1) is 0 Å². The number of anilines is 2. The monoisotopic (exact) mass is 667 g/mol. The minimum Gasteiger partial charge on any atom is -0.456 e. The van der Waals surface area contributed by atoms with E-state index in [2.05, 4.69) is 133 Å². The molecule has 5 aromatic carbocycles. The highest BCUT2D eigenvalue weighted by Crippen LogP contribution is 2.62. The summed E-state index contributed by atoms with van der Waals surface area (Å²) in [6, 6.07) is 36.3. The third-order valence-corrected chi connectivity index (χ3v) is 10.9. The summed E-state index contributed by atoms with van der Waals surface area (Å²) in [6.07, 6.45) is 19.7. The Hall–Kier alpha value is -6.76. The summed E-state index contributed by atoms with van der Waals surface area (Å²) in [4.78, 5) is 2.34. The number of hydrogen-bond donors (Lipinski definition) is 0. The standard InChI is InChI=1S/C49H33NO2/c1-3-17-32(4-2)49(39-24-12-8-20-34(39)35-21-9-13-25-40(35)49)41-31-47-38(36-22-10-14-27-44(36)52-47)30-43(41)50(33-18-6-5-7-19-33)42-26-16-29-46-48(42)37-23-11-15-28-45(37)51-46/h3-6,8-18,20,22-31,35H,1-2,21H2/b32-17+. The number of hydrogen-bond acceptors (Lipinski definition) is 3. The van der Waals surface area contributed by atoms with E-state index in [1.165, 1.54) is 16.7 Å². The van der Waals surface area contributed by atoms with Gasteiger partial charge >= 0.3 is 0 Å². The topological polar surface area (TPSA) is 29.5 Å². The molecule has 0 radical (unpaired) electrons. The molecule has 0 spiro atoms. The second-order valence-corrected chi connectivity index (χ2v) is 13.5. The molecule has 2 aromatic heterocycles. The van der Waals surface area contributed by atoms with Crippen LogP contribution in [-0.2, 0) is 5.41 Å². The fourth-order valence-corrected chi connectivity index (χ4v) is 8.91. The number of para-hydroxylation sites is 2. The molecule has 0 N–H and O–H groups in total. The Morgan fingerprint density at radius 1 is 0.750 bits per heavy atom. The molecule has 3 aliphatic carbocycles. The molecular weight excluding hydrogens is 635 g/mol. The van der Waals surface area contributed by atoms with Crippen LogP contribution in [0.1, 0.15) is 29.0 Å². The lowest BCUT2D eigenvalue weighted by atomic mass is 9.64. The summed E-state index contributed by atoms with van der Waals surface area (Å²) < 4.78 is 13.2. The lowest BCUT2D eigenvalue weighted by molar-refractivity contribution is 0.661. The van der Waals surface area contributed by atoms with Crippen molar-refractivity contribution < 1.29 is 8.83 Å². The summed E-state index contributed by atoms with van der Waals surface area (Å²) in [5.41, 5.74) is 18.2. The summed E-state index contributed by atoms with van der Waals surface area (Å²) in [6.45, 7) is 8.63. The minimum atomic E-state index is -0.729. The van der Waals surface area contributed by atoms with Crippen molar-refractivity contribution in [2.75, 3.05) is 4.90 Å². The summed E-state index contributed by atoms with van der Waals surface area (Å²) in [5.74, 6) is 0.194. The average molecular weight is 668 g/mol. The average Bonchev–Trinajstić information content (AvgIpc) is 3.86. The maximum Gasteiger partial charge on any atom is 0.137 e. The number of benzene rings is 5. The molecule has 0 fully saturated rings. The van der Waals surface area contributed by atoms with Gasteiger partial charge < -0.3 is 13.7 Å². The normalized spacial score (nSPS) is 18.9. The fraction of sp³-hybridized carbons (Fsp3) is 0.0612. The Labute approximate surface area is 301 Å². The van der Waals surface area contributed by atoms with Crippen molar-refractivity contribution >= 4 is 55.3 Å². The zero-order chi connectivity index (χ0) is 34.8. The van der Waals surface area contributed by atoms with Crippen LogP contribution >= 0.6 is 0 Å². The van der Waals surface area contributed by atoms with Gasteiger partial charge in [0.1, 0.15) is 22.3 Å². The third kappa shape index (κ3) is 4.16. The first kappa shape index (κ1) is 30.1. The van der Waals surface area contributed by atoms with E-state index < -0.39 is 5.41 Å². The van der Waals surface area contributed by atoms with Crippen LogP contribution in [0.4, 0.5) is 11.4 Å². The van der Waals surface area contributed by atoms with Gasteiger partial charge in [-0.25, -0.2) is 0 Å². The number of nitrogens with zero attached hydrogens (tertiary/aromatic N) is 1. The predicted molar refractivity (Wildman–Crippen MR) is 214 cm³/mol. The zero-order valence-electron chi connectivity index (χ0n) is 28.5. The quantitative estimate of drug-likeness (QED) is 0.125. The molecule has 0 saturated heterocycles. The van der Waals surface area contributed by atoms with E-state index in [9.17, 15) is 0 Å². The molecule has 246 valence electrons. The van der Waals surface area contributed by atoms with Gasteiger partial charge in [-0.3, -0.25) is 0 Å². The smallest absolute Gasteiger partial charge is 0.137 e. The highest BCUT2D eigenvalue weighted by Gasteiger charge is 2.52. The molecule has 2 heterocycles. The van der Waals surface area contributed by atoms with Gasteiger partial charge in [0, 0.05) is 22.1 Å². The number of fused-ring (bicyclic) bond motifs is 9. The van der Waals surface area contributed by atoms with Crippen molar-refractivity contribution in [3.63, 3.8) is 0 Å². The van der Waals surface area contributed by atoms with Crippen LogP contribution < -0.4 is 4.90 Å². The largest absolute Gasteiger partial charge is 0.456 e. The van der Waals surface area contributed by atoms with Crippen LogP contribution in [-0.4, -0.2) is 0 Å². The molecule has 7 aromatic rings. The van der Waals surface area contributed by atoms with Crippen molar-refractivity contribution in [1.82, 2.24) is 0 Å². The van der Waals surface area contributed by atoms with Gasteiger partial charge in [0.25, 0.3) is 0 Å². The predicted octanol–water partition coefficient (Wildman–Crippen LogP) is 13.0. The van der Waals surface area contributed by atoms with Gasteiger partial charge in [-0.05, 0) is 88.5 Å². The second-order valence-electron chi connectivity index (χ2n) is 13.5. The highest BCUT2D eigenvalue weighted by atomic mass is 16.3.